The van der Waals surface area contributed by atoms with E-state index < -0.39 is 0 Å². The summed E-state index contributed by atoms with van der Waals surface area (Å²) in [6.07, 6.45) is 0. The van der Waals surface area contributed by atoms with Crippen LogP contribution in [0.2, 0.25) is 5.02 Å². The smallest absolute Gasteiger partial charge is 0.203 e. The van der Waals surface area contributed by atoms with Gasteiger partial charge in [0.2, 0.25) is 5.75 Å². The van der Waals surface area contributed by atoms with E-state index in [1.807, 2.05) is 97.4 Å². The van der Waals surface area contributed by atoms with Gasteiger partial charge < -0.3 is 24.4 Å². The lowest BCUT2D eigenvalue weighted by atomic mass is 9.92. The average Bonchev–Trinajstić information content (AvgIpc) is 3.40. The molecule has 0 saturated carbocycles. The number of hydrogen-bond donors (Lipinski definition) is 1. The molecular formula is C35H31ClN6O3. The van der Waals surface area contributed by atoms with Gasteiger partial charge in [-0.3, -0.25) is 0 Å². The van der Waals surface area contributed by atoms with Gasteiger partial charge in [-0.05, 0) is 73.5 Å². The molecule has 0 spiro atoms. The van der Waals surface area contributed by atoms with Crippen LogP contribution in [0, 0.1) is 13.8 Å². The number of para-hydroxylation sites is 3. The van der Waals surface area contributed by atoms with Crippen LogP contribution in [-0.2, 0) is 0 Å². The highest BCUT2D eigenvalue weighted by Gasteiger charge is 2.42. The molecule has 1 aromatic heterocycles. The van der Waals surface area contributed by atoms with Gasteiger partial charge in [0.15, 0.2) is 29.0 Å². The van der Waals surface area contributed by atoms with Crippen LogP contribution < -0.4 is 24.4 Å². The van der Waals surface area contributed by atoms with Gasteiger partial charge in [-0.25, -0.2) is 14.7 Å². The van der Waals surface area contributed by atoms with Crippen LogP contribution in [0.15, 0.2) is 94.9 Å². The number of nitrogens with one attached hydrogen (secondary N) is 1. The van der Waals surface area contributed by atoms with Crippen LogP contribution >= 0.6 is 11.6 Å². The van der Waals surface area contributed by atoms with Crippen LogP contribution in [-0.4, -0.2) is 42.8 Å². The molecule has 7 rings (SSSR count). The molecule has 2 aliphatic rings. The molecule has 1 atom stereocenters. The summed E-state index contributed by atoms with van der Waals surface area (Å²) in [5.41, 5.74) is 7.09. The quantitative estimate of drug-likeness (QED) is 0.208. The minimum atomic E-state index is -0.381. The molecule has 45 heavy (non-hydrogen) atoms. The number of ether oxygens (including phenoxy) is 3. The van der Waals surface area contributed by atoms with Crippen molar-refractivity contribution >= 4 is 46.2 Å². The summed E-state index contributed by atoms with van der Waals surface area (Å²) in [6.45, 7) is 3.99. The maximum absolute atomic E-state index is 6.53. The van der Waals surface area contributed by atoms with E-state index in [2.05, 4.69) is 16.3 Å². The predicted molar refractivity (Wildman–Crippen MR) is 179 cm³/mol. The number of fused-ring (bicyclic) bond motifs is 4. The molecule has 0 saturated heterocycles. The highest BCUT2D eigenvalue weighted by atomic mass is 35.5. The van der Waals surface area contributed by atoms with E-state index >= 15 is 0 Å². The molecule has 3 heterocycles. The third kappa shape index (κ3) is 4.76. The van der Waals surface area contributed by atoms with E-state index in [-0.39, 0.29) is 6.04 Å². The number of rotatable bonds is 6. The van der Waals surface area contributed by atoms with E-state index in [1.54, 1.807) is 21.3 Å². The van der Waals surface area contributed by atoms with Crippen molar-refractivity contribution < 1.29 is 14.2 Å². The first-order chi connectivity index (χ1) is 21.9. The highest BCUT2D eigenvalue weighted by molar-refractivity contribution is 6.51. The Morgan fingerprint density at radius 2 is 1.51 bits per heavy atom. The fourth-order valence-corrected chi connectivity index (χ4v) is 6.11. The van der Waals surface area contributed by atoms with Gasteiger partial charge in [0, 0.05) is 16.3 Å². The van der Waals surface area contributed by atoms with Gasteiger partial charge in [-0.15, -0.1) is 0 Å². The van der Waals surface area contributed by atoms with Gasteiger partial charge in [0.05, 0.1) is 50.1 Å². The summed E-state index contributed by atoms with van der Waals surface area (Å²) in [5, 5.41) is 9.20. The van der Waals surface area contributed by atoms with Crippen molar-refractivity contribution in [1.82, 2.24) is 9.78 Å². The predicted octanol–water partition coefficient (Wildman–Crippen LogP) is 7.96. The Morgan fingerprint density at radius 1 is 0.800 bits per heavy atom. The fraction of sp³-hybridized carbons (Fsp3) is 0.171. The lowest BCUT2D eigenvalue weighted by Crippen LogP contribution is -2.46. The van der Waals surface area contributed by atoms with Gasteiger partial charge >= 0.3 is 0 Å². The summed E-state index contributed by atoms with van der Waals surface area (Å²) in [4.78, 5) is 12.6. The zero-order valence-electron chi connectivity index (χ0n) is 25.5. The number of anilines is 2. The molecule has 2 aliphatic heterocycles. The minimum Gasteiger partial charge on any atom is -0.493 e. The van der Waals surface area contributed by atoms with E-state index in [0.29, 0.717) is 39.8 Å². The number of nitrogens with zero attached hydrogens (tertiary/aromatic N) is 5. The molecule has 0 amide bonds. The number of aryl methyl sites for hydroxylation is 2. The Labute approximate surface area is 266 Å². The summed E-state index contributed by atoms with van der Waals surface area (Å²) >= 11 is 6.53. The Bertz CT molecular complexity index is 1980. The van der Waals surface area contributed by atoms with Crippen molar-refractivity contribution in [2.24, 2.45) is 9.98 Å². The van der Waals surface area contributed by atoms with Gasteiger partial charge in [0.25, 0.3) is 0 Å². The summed E-state index contributed by atoms with van der Waals surface area (Å²) in [5.74, 6) is 3.54. The van der Waals surface area contributed by atoms with Crippen molar-refractivity contribution in [2.45, 2.75) is 19.9 Å². The second kappa shape index (κ2) is 11.3. The Morgan fingerprint density at radius 3 is 2.20 bits per heavy atom. The van der Waals surface area contributed by atoms with Crippen molar-refractivity contribution in [3.05, 3.63) is 112 Å². The normalized spacial score (nSPS) is 14.9. The number of benzene rings is 4. The SMILES string of the molecule is COc1cc([C@@H]2c3c(C)nn(-c4ccccc4)c3N=C3C(Nc4ccc(C)c(Cl)c4)=Nc4ccccc4N32)cc(OC)c1OC. The Kier molecular flexibility index (Phi) is 7.17. The summed E-state index contributed by atoms with van der Waals surface area (Å²) in [6, 6.07) is 27.5. The summed E-state index contributed by atoms with van der Waals surface area (Å²) < 4.78 is 19.2. The van der Waals surface area contributed by atoms with Crippen molar-refractivity contribution in [2.75, 3.05) is 31.5 Å². The van der Waals surface area contributed by atoms with Gasteiger partial charge in [0.1, 0.15) is 0 Å². The number of halogens is 1. The molecule has 226 valence electrons. The third-order valence-corrected chi connectivity index (χ3v) is 8.48. The number of amidine groups is 2. The van der Waals surface area contributed by atoms with Crippen molar-refractivity contribution in [3.8, 4) is 22.9 Å². The first kappa shape index (κ1) is 28.5. The first-order valence-electron chi connectivity index (χ1n) is 14.5. The highest BCUT2D eigenvalue weighted by Crippen LogP contribution is 2.50. The van der Waals surface area contributed by atoms with Crippen molar-refractivity contribution in [3.63, 3.8) is 0 Å². The molecule has 0 radical (unpaired) electrons. The van der Waals surface area contributed by atoms with Crippen LogP contribution in [0.3, 0.4) is 0 Å². The Hall–Kier alpha value is -5.28. The maximum Gasteiger partial charge on any atom is 0.203 e. The summed E-state index contributed by atoms with van der Waals surface area (Å²) in [7, 11) is 4.84. The molecule has 10 heteroatoms. The van der Waals surface area contributed by atoms with Crippen LogP contribution in [0.5, 0.6) is 17.2 Å². The molecule has 0 aliphatic carbocycles. The monoisotopic (exact) mass is 618 g/mol. The number of hydrogen-bond acceptors (Lipinski definition) is 8. The average molecular weight is 619 g/mol. The third-order valence-electron chi connectivity index (χ3n) is 8.08. The second-order valence-corrected chi connectivity index (χ2v) is 11.2. The molecule has 0 bridgehead atoms. The van der Waals surface area contributed by atoms with E-state index in [0.717, 1.165) is 45.1 Å². The lowest BCUT2D eigenvalue weighted by Gasteiger charge is -2.40. The second-order valence-electron chi connectivity index (χ2n) is 10.8. The topological polar surface area (TPSA) is 85.5 Å². The van der Waals surface area contributed by atoms with Crippen LogP contribution in [0.1, 0.15) is 28.4 Å². The number of methoxy groups -OCH3 is 3. The molecule has 1 N–H and O–H groups in total. The molecule has 9 nitrogen and oxygen atoms in total. The Balaban J connectivity index is 1.51. The van der Waals surface area contributed by atoms with Crippen LogP contribution in [0.4, 0.5) is 22.9 Å². The fourth-order valence-electron chi connectivity index (χ4n) is 5.93. The van der Waals surface area contributed by atoms with Crippen molar-refractivity contribution in [1.29, 1.82) is 0 Å². The number of aliphatic imine (C=N–C) groups is 2. The minimum absolute atomic E-state index is 0.381. The maximum atomic E-state index is 6.53. The lowest BCUT2D eigenvalue weighted by molar-refractivity contribution is 0.323. The molecule has 5 aromatic rings. The van der Waals surface area contributed by atoms with E-state index in [9.17, 15) is 0 Å². The molecular weight excluding hydrogens is 588 g/mol. The largest absolute Gasteiger partial charge is 0.493 e. The molecule has 0 unspecified atom stereocenters. The number of aromatic nitrogens is 2. The van der Waals surface area contributed by atoms with Gasteiger partial charge in [-0.1, -0.05) is 48.0 Å². The zero-order valence-corrected chi connectivity index (χ0v) is 26.3. The molecule has 0 fully saturated rings. The van der Waals surface area contributed by atoms with E-state index in [1.165, 1.54) is 0 Å². The van der Waals surface area contributed by atoms with Gasteiger partial charge in [-0.2, -0.15) is 5.10 Å². The zero-order chi connectivity index (χ0) is 31.2. The van der Waals surface area contributed by atoms with Crippen LogP contribution in [0.25, 0.3) is 5.69 Å². The van der Waals surface area contributed by atoms with E-state index in [4.69, 9.17) is 40.9 Å². The first-order valence-corrected chi connectivity index (χ1v) is 14.8. The molecule has 4 aromatic carbocycles. The standard InChI is InChI=1S/C35H31ClN6O3/c1-20-15-16-23(19-25(20)36)37-33-35-39-34-30(21(2)40-42(34)24-11-7-6-8-12-24)31(41(35)27-14-10-9-13-26(27)38-33)22-17-28(43-3)32(45-5)29(18-22)44-4/h6-19,31H,1-5H3,(H,37,38)/t31-/m1/s1.